The van der Waals surface area contributed by atoms with Gasteiger partial charge < -0.3 is 9.72 Å². The van der Waals surface area contributed by atoms with E-state index in [9.17, 15) is 14.0 Å². The number of halogens is 2. The fourth-order valence-electron chi connectivity index (χ4n) is 3.07. The molecule has 0 aliphatic carbocycles. The van der Waals surface area contributed by atoms with Crippen molar-refractivity contribution in [2.24, 2.45) is 10.9 Å². The molecule has 0 saturated carbocycles. The van der Waals surface area contributed by atoms with E-state index in [-0.39, 0.29) is 16.1 Å². The first-order chi connectivity index (χ1) is 11.5. The van der Waals surface area contributed by atoms with Gasteiger partial charge in [0, 0.05) is 17.8 Å². The molecule has 0 saturated heterocycles. The topological polar surface area (TPSA) is 71.5 Å². The first kappa shape index (κ1) is 16.4. The lowest BCUT2D eigenvalue weighted by Gasteiger charge is -2.30. The highest BCUT2D eigenvalue weighted by atomic mass is 35.5. The van der Waals surface area contributed by atoms with Gasteiger partial charge in [-0.3, -0.25) is 14.6 Å². The zero-order chi connectivity index (χ0) is 17.4. The van der Waals surface area contributed by atoms with Crippen molar-refractivity contribution in [1.82, 2.24) is 4.98 Å². The molecule has 24 heavy (non-hydrogen) atoms. The lowest BCUT2D eigenvalue weighted by atomic mass is 9.76. The molecule has 1 aliphatic heterocycles. The van der Waals surface area contributed by atoms with Crippen molar-refractivity contribution < 1.29 is 13.9 Å². The van der Waals surface area contributed by atoms with Crippen LogP contribution >= 0.6 is 11.6 Å². The molecule has 0 radical (unpaired) electrons. The number of aromatic nitrogens is 1. The Morgan fingerprint density at radius 3 is 2.83 bits per heavy atom. The van der Waals surface area contributed by atoms with E-state index in [0.29, 0.717) is 11.4 Å². The molecule has 1 N–H and O–H groups in total. The minimum atomic E-state index is -0.904. The van der Waals surface area contributed by atoms with Crippen molar-refractivity contribution in [3.63, 3.8) is 0 Å². The minimum absolute atomic E-state index is 0.0785. The number of H-pyrrole nitrogens is 1. The Balaban J connectivity index is 2.34. The third-order valence-electron chi connectivity index (χ3n) is 4.14. The van der Waals surface area contributed by atoms with Gasteiger partial charge in [0.25, 0.3) is 5.56 Å². The van der Waals surface area contributed by atoms with Gasteiger partial charge in [-0.1, -0.05) is 23.7 Å². The standard InChI is InChI=1S/C17H14ClFN2O3/c1-8-12(17(23)24-2)13(9-4-3-5-10(18)15(9)19)14-11(21-8)6-7-20-16(14)22/h3-7,12-13H,1-2H3,(H,20,22). The predicted octanol–water partition coefficient (Wildman–Crippen LogP) is 3.19. The number of hydrogen-bond donors (Lipinski definition) is 1. The molecule has 2 atom stereocenters. The Labute approximate surface area is 142 Å². The van der Waals surface area contributed by atoms with Crippen LogP contribution in [0.3, 0.4) is 0 Å². The summed E-state index contributed by atoms with van der Waals surface area (Å²) >= 11 is 5.89. The van der Waals surface area contributed by atoms with Gasteiger partial charge in [0.15, 0.2) is 0 Å². The highest BCUT2D eigenvalue weighted by Crippen LogP contribution is 2.42. The molecule has 3 rings (SSSR count). The molecule has 0 fully saturated rings. The third-order valence-corrected chi connectivity index (χ3v) is 4.43. The van der Waals surface area contributed by atoms with Gasteiger partial charge >= 0.3 is 5.97 Å². The lowest BCUT2D eigenvalue weighted by Crippen LogP contribution is -2.36. The summed E-state index contributed by atoms with van der Waals surface area (Å²) in [5.41, 5.74) is 0.803. The number of ether oxygens (including phenoxy) is 1. The molecular weight excluding hydrogens is 335 g/mol. The molecule has 2 aromatic rings. The number of hydrogen-bond acceptors (Lipinski definition) is 4. The molecule has 0 amide bonds. The van der Waals surface area contributed by atoms with Gasteiger partial charge in [-0.25, -0.2) is 4.39 Å². The average molecular weight is 349 g/mol. The van der Waals surface area contributed by atoms with E-state index in [2.05, 4.69) is 9.98 Å². The molecular formula is C17H14ClFN2O3. The second-order valence-electron chi connectivity index (χ2n) is 5.48. The fraction of sp³-hybridized carbons (Fsp3) is 0.235. The van der Waals surface area contributed by atoms with Gasteiger partial charge in [-0.05, 0) is 24.6 Å². The monoisotopic (exact) mass is 348 g/mol. The Morgan fingerprint density at radius 2 is 2.12 bits per heavy atom. The highest BCUT2D eigenvalue weighted by molar-refractivity contribution is 6.30. The van der Waals surface area contributed by atoms with Crippen molar-refractivity contribution in [2.45, 2.75) is 12.8 Å². The first-order valence-electron chi connectivity index (χ1n) is 7.24. The van der Waals surface area contributed by atoms with E-state index < -0.39 is 29.2 Å². The molecule has 2 heterocycles. The van der Waals surface area contributed by atoms with E-state index in [1.165, 1.54) is 25.4 Å². The number of fused-ring (bicyclic) bond motifs is 1. The van der Waals surface area contributed by atoms with Crippen LogP contribution in [0.1, 0.15) is 24.0 Å². The second-order valence-corrected chi connectivity index (χ2v) is 5.89. The number of pyridine rings is 1. The molecule has 0 bridgehead atoms. The molecule has 0 spiro atoms. The Kier molecular flexibility index (Phi) is 4.24. The highest BCUT2D eigenvalue weighted by Gasteiger charge is 2.41. The van der Waals surface area contributed by atoms with Crippen LogP contribution < -0.4 is 5.56 Å². The van der Waals surface area contributed by atoms with Crippen LogP contribution in [-0.2, 0) is 9.53 Å². The van der Waals surface area contributed by atoms with Gasteiger partial charge in [0.2, 0.25) is 0 Å². The van der Waals surface area contributed by atoms with E-state index >= 15 is 0 Å². The molecule has 1 aromatic heterocycles. The van der Waals surface area contributed by atoms with E-state index in [4.69, 9.17) is 16.3 Å². The van der Waals surface area contributed by atoms with Gasteiger partial charge in [0.1, 0.15) is 11.7 Å². The Hall–Kier alpha value is -2.47. The van der Waals surface area contributed by atoms with Crippen molar-refractivity contribution in [2.75, 3.05) is 7.11 Å². The molecule has 7 heteroatoms. The maximum Gasteiger partial charge on any atom is 0.315 e. The van der Waals surface area contributed by atoms with Crippen molar-refractivity contribution in [3.05, 3.63) is 62.8 Å². The van der Waals surface area contributed by atoms with Crippen molar-refractivity contribution >= 4 is 29.0 Å². The summed E-state index contributed by atoms with van der Waals surface area (Å²) in [5.74, 6) is -3.02. The molecule has 5 nitrogen and oxygen atoms in total. The van der Waals surface area contributed by atoms with E-state index in [1.807, 2.05) is 0 Å². The van der Waals surface area contributed by atoms with Gasteiger partial charge in [0.05, 0.1) is 23.4 Å². The number of aromatic amines is 1. The van der Waals surface area contributed by atoms with Crippen molar-refractivity contribution in [3.8, 4) is 0 Å². The summed E-state index contributed by atoms with van der Waals surface area (Å²) < 4.78 is 19.5. The first-order valence-corrected chi connectivity index (χ1v) is 7.62. The largest absolute Gasteiger partial charge is 0.468 e. The SMILES string of the molecule is COC(=O)C1C(C)=Nc2cc[nH]c(=O)c2C1c1cccc(Cl)c1F. The maximum atomic E-state index is 14.6. The van der Waals surface area contributed by atoms with Gasteiger partial charge in [-0.2, -0.15) is 0 Å². The van der Waals surface area contributed by atoms with E-state index in [0.717, 1.165) is 0 Å². The number of nitrogens with zero attached hydrogens (tertiary/aromatic N) is 1. The molecule has 1 aromatic carbocycles. The zero-order valence-electron chi connectivity index (χ0n) is 13.0. The molecule has 1 aliphatic rings. The number of nitrogens with one attached hydrogen (secondary N) is 1. The normalized spacial score (nSPS) is 19.4. The number of methoxy groups -OCH3 is 1. The lowest BCUT2D eigenvalue weighted by molar-refractivity contribution is -0.143. The minimum Gasteiger partial charge on any atom is -0.468 e. The summed E-state index contributed by atoms with van der Waals surface area (Å²) in [6.45, 7) is 1.65. The molecule has 124 valence electrons. The third kappa shape index (κ3) is 2.53. The number of benzene rings is 1. The smallest absolute Gasteiger partial charge is 0.315 e. The Bertz CT molecular complexity index is 907. The van der Waals surface area contributed by atoms with Crippen LogP contribution in [-0.4, -0.2) is 23.8 Å². The van der Waals surface area contributed by atoms with Gasteiger partial charge in [-0.15, -0.1) is 0 Å². The summed E-state index contributed by atoms with van der Waals surface area (Å²) in [6, 6.07) is 6.11. The number of carbonyl (C=O) groups excluding carboxylic acids is 1. The zero-order valence-corrected chi connectivity index (χ0v) is 13.7. The summed E-state index contributed by atoms with van der Waals surface area (Å²) in [7, 11) is 1.24. The summed E-state index contributed by atoms with van der Waals surface area (Å²) in [5, 5.41) is -0.0785. The van der Waals surface area contributed by atoms with Crippen LogP contribution in [0.5, 0.6) is 0 Å². The van der Waals surface area contributed by atoms with Crippen LogP contribution in [0.4, 0.5) is 10.1 Å². The number of rotatable bonds is 2. The summed E-state index contributed by atoms with van der Waals surface area (Å²) in [6.07, 6.45) is 1.46. The average Bonchev–Trinajstić information content (AvgIpc) is 2.56. The number of carbonyl (C=O) groups is 1. The molecule has 2 unspecified atom stereocenters. The van der Waals surface area contributed by atoms with Crippen LogP contribution in [0, 0.1) is 11.7 Å². The number of aliphatic imine (C=N–C) groups is 1. The maximum absolute atomic E-state index is 14.6. The van der Waals surface area contributed by atoms with Crippen LogP contribution in [0.25, 0.3) is 0 Å². The quantitative estimate of drug-likeness (QED) is 0.847. The van der Waals surface area contributed by atoms with Crippen LogP contribution in [0.2, 0.25) is 5.02 Å². The summed E-state index contributed by atoms with van der Waals surface area (Å²) in [4.78, 5) is 31.6. The fourth-order valence-corrected chi connectivity index (χ4v) is 3.26. The Morgan fingerprint density at radius 1 is 1.38 bits per heavy atom. The number of esters is 1. The van der Waals surface area contributed by atoms with Crippen molar-refractivity contribution in [1.29, 1.82) is 0 Å². The van der Waals surface area contributed by atoms with Crippen LogP contribution in [0.15, 0.2) is 40.2 Å². The van der Waals surface area contributed by atoms with E-state index in [1.54, 1.807) is 19.1 Å². The second kappa shape index (κ2) is 6.20. The predicted molar refractivity (Wildman–Crippen MR) is 88.6 cm³/mol.